The highest BCUT2D eigenvalue weighted by Gasteiger charge is 2.13. The van der Waals surface area contributed by atoms with Crippen molar-refractivity contribution in [2.45, 2.75) is 25.9 Å². The molecule has 0 bridgehead atoms. The van der Waals surface area contributed by atoms with E-state index in [2.05, 4.69) is 5.32 Å². The smallest absolute Gasteiger partial charge is 0.123 e. The summed E-state index contributed by atoms with van der Waals surface area (Å²) in [6.07, 6.45) is 0. The molecule has 2 nitrogen and oxygen atoms in total. The molecule has 2 aromatic rings. The van der Waals surface area contributed by atoms with Crippen LogP contribution in [0.15, 0.2) is 48.5 Å². The molecule has 0 amide bonds. The molecule has 0 aromatic heterocycles. The second kappa shape index (κ2) is 5.85. The summed E-state index contributed by atoms with van der Waals surface area (Å²) in [5.41, 5.74) is 1.88. The number of phenolic OH excluding ortho intramolecular Hbond substituents is 1. The highest BCUT2D eigenvalue weighted by atomic mass is 19.1. The van der Waals surface area contributed by atoms with Crippen LogP contribution in [0.1, 0.15) is 37.1 Å². The molecule has 3 heteroatoms. The molecule has 0 fully saturated rings. The first-order valence-electron chi connectivity index (χ1n) is 6.37. The summed E-state index contributed by atoms with van der Waals surface area (Å²) in [7, 11) is 0. The van der Waals surface area contributed by atoms with Gasteiger partial charge in [-0.3, -0.25) is 0 Å². The van der Waals surface area contributed by atoms with Gasteiger partial charge in [0.25, 0.3) is 0 Å². The standard InChI is InChI=1S/C16H18FNO/c1-11(13-7-9-14(17)10-8-13)18-12(2)15-5-3-4-6-16(15)19/h3-12,18-19H,1-2H3/t11-,12?/m1/s1. The van der Waals surface area contributed by atoms with Crippen molar-refractivity contribution >= 4 is 0 Å². The Morgan fingerprint density at radius 2 is 1.58 bits per heavy atom. The number of nitrogens with one attached hydrogen (secondary N) is 1. The summed E-state index contributed by atoms with van der Waals surface area (Å²) in [5, 5.41) is 13.2. The molecule has 2 aromatic carbocycles. The van der Waals surface area contributed by atoms with Crippen LogP contribution in [0.25, 0.3) is 0 Å². The third-order valence-electron chi connectivity index (χ3n) is 3.27. The SMILES string of the molecule is CC(N[C@H](C)c1ccc(F)cc1)c1ccccc1O. The topological polar surface area (TPSA) is 32.3 Å². The predicted molar refractivity (Wildman–Crippen MR) is 74.5 cm³/mol. The Hall–Kier alpha value is -1.87. The van der Waals surface area contributed by atoms with Crippen LogP contribution in [0.2, 0.25) is 0 Å². The molecule has 2 rings (SSSR count). The van der Waals surface area contributed by atoms with Crippen molar-refractivity contribution in [1.29, 1.82) is 0 Å². The zero-order valence-corrected chi connectivity index (χ0v) is 11.1. The number of para-hydroxylation sites is 1. The van der Waals surface area contributed by atoms with Gasteiger partial charge in [0.15, 0.2) is 0 Å². The van der Waals surface area contributed by atoms with Crippen molar-refractivity contribution in [3.8, 4) is 5.75 Å². The highest BCUT2D eigenvalue weighted by molar-refractivity contribution is 5.34. The molecule has 19 heavy (non-hydrogen) atoms. The second-order valence-electron chi connectivity index (χ2n) is 4.72. The summed E-state index contributed by atoms with van der Waals surface area (Å²) in [6, 6.07) is 13.8. The molecule has 0 aliphatic carbocycles. The second-order valence-corrected chi connectivity index (χ2v) is 4.72. The molecule has 0 aliphatic rings. The predicted octanol–water partition coefficient (Wildman–Crippen LogP) is 3.94. The van der Waals surface area contributed by atoms with Crippen LogP contribution in [0.3, 0.4) is 0 Å². The summed E-state index contributed by atoms with van der Waals surface area (Å²) in [6.45, 7) is 4.01. The molecule has 0 spiro atoms. The normalized spacial score (nSPS) is 14.1. The number of benzene rings is 2. The number of halogens is 1. The van der Waals surface area contributed by atoms with Gasteiger partial charge in [-0.25, -0.2) is 4.39 Å². The number of aromatic hydroxyl groups is 1. The maximum Gasteiger partial charge on any atom is 0.123 e. The van der Waals surface area contributed by atoms with Gasteiger partial charge in [-0.15, -0.1) is 0 Å². The maximum absolute atomic E-state index is 12.9. The molecular formula is C16H18FNO. The van der Waals surface area contributed by atoms with Crippen molar-refractivity contribution in [2.24, 2.45) is 0 Å². The third kappa shape index (κ3) is 3.32. The van der Waals surface area contributed by atoms with Crippen LogP contribution in [0.5, 0.6) is 5.75 Å². The minimum absolute atomic E-state index is 0.0150. The van der Waals surface area contributed by atoms with E-state index in [4.69, 9.17) is 0 Å². The molecule has 0 aliphatic heterocycles. The first-order valence-corrected chi connectivity index (χ1v) is 6.37. The quantitative estimate of drug-likeness (QED) is 0.871. The van der Waals surface area contributed by atoms with E-state index in [0.29, 0.717) is 0 Å². The van der Waals surface area contributed by atoms with Crippen LogP contribution >= 0.6 is 0 Å². The summed E-state index contributed by atoms with van der Waals surface area (Å²) >= 11 is 0. The lowest BCUT2D eigenvalue weighted by atomic mass is 10.0. The van der Waals surface area contributed by atoms with E-state index in [9.17, 15) is 9.50 Å². The fourth-order valence-electron chi connectivity index (χ4n) is 2.17. The minimum atomic E-state index is -0.232. The van der Waals surface area contributed by atoms with Gasteiger partial charge in [0.05, 0.1) is 0 Å². The van der Waals surface area contributed by atoms with Gasteiger partial charge in [0, 0.05) is 17.6 Å². The Labute approximate surface area is 112 Å². The van der Waals surface area contributed by atoms with Gasteiger partial charge in [0.2, 0.25) is 0 Å². The maximum atomic E-state index is 12.9. The van der Waals surface area contributed by atoms with E-state index < -0.39 is 0 Å². The number of hydrogen-bond donors (Lipinski definition) is 2. The Morgan fingerprint density at radius 3 is 2.21 bits per heavy atom. The van der Waals surface area contributed by atoms with Crippen molar-refractivity contribution in [1.82, 2.24) is 5.32 Å². The van der Waals surface area contributed by atoms with Crippen LogP contribution in [0, 0.1) is 5.82 Å². The number of phenols is 1. The van der Waals surface area contributed by atoms with Gasteiger partial charge in [0.1, 0.15) is 11.6 Å². The average Bonchev–Trinajstić information content (AvgIpc) is 2.39. The van der Waals surface area contributed by atoms with E-state index in [-0.39, 0.29) is 23.7 Å². The Kier molecular flexibility index (Phi) is 4.17. The lowest BCUT2D eigenvalue weighted by Gasteiger charge is -2.21. The summed E-state index contributed by atoms with van der Waals surface area (Å²) in [5.74, 6) is 0.0542. The molecular weight excluding hydrogens is 241 g/mol. The van der Waals surface area contributed by atoms with Gasteiger partial charge < -0.3 is 10.4 Å². The van der Waals surface area contributed by atoms with Crippen LogP contribution in [-0.4, -0.2) is 5.11 Å². The van der Waals surface area contributed by atoms with E-state index in [1.807, 2.05) is 26.0 Å². The Bertz CT molecular complexity index is 539. The van der Waals surface area contributed by atoms with E-state index in [1.165, 1.54) is 12.1 Å². The molecule has 0 saturated heterocycles. The highest BCUT2D eigenvalue weighted by Crippen LogP contribution is 2.25. The van der Waals surface area contributed by atoms with Gasteiger partial charge in [-0.1, -0.05) is 30.3 Å². The molecule has 100 valence electrons. The largest absolute Gasteiger partial charge is 0.508 e. The molecule has 2 atom stereocenters. The van der Waals surface area contributed by atoms with Crippen LogP contribution < -0.4 is 5.32 Å². The summed E-state index contributed by atoms with van der Waals surface area (Å²) < 4.78 is 12.9. The van der Waals surface area contributed by atoms with Gasteiger partial charge >= 0.3 is 0 Å². The fourth-order valence-corrected chi connectivity index (χ4v) is 2.17. The number of hydrogen-bond acceptors (Lipinski definition) is 2. The third-order valence-corrected chi connectivity index (χ3v) is 3.27. The average molecular weight is 259 g/mol. The lowest BCUT2D eigenvalue weighted by Crippen LogP contribution is -2.22. The number of rotatable bonds is 4. The zero-order chi connectivity index (χ0) is 13.8. The molecule has 0 saturated carbocycles. The Morgan fingerprint density at radius 1 is 0.947 bits per heavy atom. The molecule has 1 unspecified atom stereocenters. The first kappa shape index (κ1) is 13.6. The minimum Gasteiger partial charge on any atom is -0.508 e. The van der Waals surface area contributed by atoms with Gasteiger partial charge in [-0.05, 0) is 37.6 Å². The van der Waals surface area contributed by atoms with E-state index in [1.54, 1.807) is 24.3 Å². The molecule has 2 N–H and O–H groups in total. The van der Waals surface area contributed by atoms with Crippen LogP contribution in [-0.2, 0) is 0 Å². The molecule has 0 radical (unpaired) electrons. The van der Waals surface area contributed by atoms with Crippen molar-refractivity contribution in [3.05, 3.63) is 65.5 Å². The van der Waals surface area contributed by atoms with Crippen molar-refractivity contribution in [2.75, 3.05) is 0 Å². The fraction of sp³-hybridized carbons (Fsp3) is 0.250. The van der Waals surface area contributed by atoms with Crippen molar-refractivity contribution in [3.63, 3.8) is 0 Å². The Balaban J connectivity index is 2.08. The van der Waals surface area contributed by atoms with E-state index in [0.717, 1.165) is 11.1 Å². The monoisotopic (exact) mass is 259 g/mol. The first-order chi connectivity index (χ1) is 9.08. The molecule has 0 heterocycles. The van der Waals surface area contributed by atoms with Gasteiger partial charge in [-0.2, -0.15) is 0 Å². The zero-order valence-electron chi connectivity index (χ0n) is 11.1. The van der Waals surface area contributed by atoms with E-state index >= 15 is 0 Å². The van der Waals surface area contributed by atoms with Crippen LogP contribution in [0.4, 0.5) is 4.39 Å². The lowest BCUT2D eigenvalue weighted by molar-refractivity contribution is 0.438. The summed E-state index contributed by atoms with van der Waals surface area (Å²) in [4.78, 5) is 0. The van der Waals surface area contributed by atoms with Crippen molar-refractivity contribution < 1.29 is 9.50 Å².